The zero-order valence-corrected chi connectivity index (χ0v) is 15.5. The van der Waals surface area contributed by atoms with Gasteiger partial charge in [-0.05, 0) is 27.2 Å². The van der Waals surface area contributed by atoms with Crippen LogP contribution in [0.25, 0.3) is 5.65 Å². The summed E-state index contributed by atoms with van der Waals surface area (Å²) in [5.74, 6) is -0.137. The van der Waals surface area contributed by atoms with E-state index >= 15 is 0 Å². The van der Waals surface area contributed by atoms with Gasteiger partial charge < -0.3 is 14.4 Å². The first-order valence-corrected chi connectivity index (χ1v) is 8.47. The normalized spacial score (nSPS) is 18.2. The number of rotatable bonds is 2. The molecule has 3 heterocycles. The van der Waals surface area contributed by atoms with Gasteiger partial charge in [-0.2, -0.15) is 13.2 Å². The van der Waals surface area contributed by atoms with Gasteiger partial charge in [0.15, 0.2) is 5.69 Å². The molecule has 3 rings (SSSR count). The molecule has 0 aliphatic carbocycles. The van der Waals surface area contributed by atoms with Crippen LogP contribution in [0.15, 0.2) is 12.3 Å². The molecule has 1 aliphatic heterocycles. The molecule has 0 bridgehead atoms. The van der Waals surface area contributed by atoms with Crippen molar-refractivity contribution in [2.45, 2.75) is 44.9 Å². The van der Waals surface area contributed by atoms with Gasteiger partial charge in [-0.3, -0.25) is 0 Å². The van der Waals surface area contributed by atoms with Gasteiger partial charge in [-0.15, -0.1) is 0 Å². The minimum absolute atomic E-state index is 0.0971. The highest BCUT2D eigenvalue weighted by Crippen LogP contribution is 2.34. The van der Waals surface area contributed by atoms with Crippen molar-refractivity contribution >= 4 is 11.7 Å². The Bertz CT molecular complexity index is 857. The molecule has 0 aromatic carbocycles. The Balaban J connectivity index is 1.87. The summed E-state index contributed by atoms with van der Waals surface area (Å²) in [6.45, 7) is 6.21. The number of halogens is 3. The number of hydrogen-bond acceptors (Lipinski definition) is 5. The van der Waals surface area contributed by atoms with Gasteiger partial charge in [0.1, 0.15) is 11.2 Å². The van der Waals surface area contributed by atoms with E-state index in [0.717, 1.165) is 10.6 Å². The number of aromatic nitrogens is 3. The standard InChI is InChI=1S/C17H21F3N4O3/c1-16(2,3)27-15(25)23-6-5-10(9-23)11-7-13-21-8-12(17(18,19)20)24(13)14(22-11)26-4/h7-8,10H,5-6,9H2,1-4H3. The Morgan fingerprint density at radius 1 is 1.30 bits per heavy atom. The predicted molar refractivity (Wildman–Crippen MR) is 89.7 cm³/mol. The molecule has 7 nitrogen and oxygen atoms in total. The lowest BCUT2D eigenvalue weighted by Gasteiger charge is -2.24. The number of likely N-dealkylation sites (tertiary alicyclic amines) is 1. The number of hydrogen-bond donors (Lipinski definition) is 0. The lowest BCUT2D eigenvalue weighted by atomic mass is 10.0. The highest BCUT2D eigenvalue weighted by atomic mass is 19.4. The quantitative estimate of drug-likeness (QED) is 0.790. The smallest absolute Gasteiger partial charge is 0.433 e. The molecule has 0 spiro atoms. The monoisotopic (exact) mass is 386 g/mol. The Labute approximate surface area is 154 Å². The van der Waals surface area contributed by atoms with E-state index in [-0.39, 0.29) is 17.6 Å². The van der Waals surface area contributed by atoms with E-state index in [1.165, 1.54) is 13.2 Å². The fraction of sp³-hybridized carbons (Fsp3) is 0.588. The van der Waals surface area contributed by atoms with E-state index < -0.39 is 23.6 Å². The van der Waals surface area contributed by atoms with Crippen molar-refractivity contribution in [1.82, 2.24) is 19.3 Å². The number of imidazole rings is 1. The fourth-order valence-electron chi connectivity index (χ4n) is 3.03. The molecule has 10 heteroatoms. The van der Waals surface area contributed by atoms with E-state index in [1.807, 2.05) is 0 Å². The molecule has 2 aromatic rings. The summed E-state index contributed by atoms with van der Waals surface area (Å²) in [4.78, 5) is 21.9. The van der Waals surface area contributed by atoms with Gasteiger partial charge in [0.2, 0.25) is 0 Å². The molecule has 1 atom stereocenters. The van der Waals surface area contributed by atoms with Crippen molar-refractivity contribution in [3.8, 4) is 6.01 Å². The molecule has 0 saturated carbocycles. The molecule has 1 saturated heterocycles. The maximum atomic E-state index is 13.1. The molecule has 0 radical (unpaired) electrons. The highest BCUT2D eigenvalue weighted by Gasteiger charge is 2.37. The van der Waals surface area contributed by atoms with Crippen LogP contribution in [0.2, 0.25) is 0 Å². The molecule has 2 aromatic heterocycles. The lowest BCUT2D eigenvalue weighted by Crippen LogP contribution is -2.35. The SMILES string of the molecule is COc1nc(C2CCN(C(=O)OC(C)(C)C)C2)cc2ncc(C(F)(F)F)n12. The van der Waals surface area contributed by atoms with Crippen LogP contribution in [-0.2, 0) is 10.9 Å². The summed E-state index contributed by atoms with van der Waals surface area (Å²) in [7, 11) is 1.26. The van der Waals surface area contributed by atoms with Crippen LogP contribution in [0.4, 0.5) is 18.0 Å². The maximum absolute atomic E-state index is 13.1. The predicted octanol–water partition coefficient (Wildman–Crippen LogP) is 3.48. The van der Waals surface area contributed by atoms with E-state index in [4.69, 9.17) is 9.47 Å². The third-order valence-electron chi connectivity index (χ3n) is 4.21. The van der Waals surface area contributed by atoms with Crippen LogP contribution in [0.3, 0.4) is 0 Å². The zero-order valence-electron chi connectivity index (χ0n) is 15.5. The van der Waals surface area contributed by atoms with Gasteiger partial charge in [0, 0.05) is 25.1 Å². The van der Waals surface area contributed by atoms with Gasteiger partial charge in [-0.25, -0.2) is 19.2 Å². The van der Waals surface area contributed by atoms with E-state index in [1.54, 1.807) is 25.7 Å². The number of alkyl halides is 3. The average Bonchev–Trinajstić information content (AvgIpc) is 3.18. The molecular formula is C17H21F3N4O3. The van der Waals surface area contributed by atoms with Crippen molar-refractivity contribution < 1.29 is 27.4 Å². The topological polar surface area (TPSA) is 69.0 Å². The summed E-state index contributed by atoms with van der Waals surface area (Å²) < 4.78 is 50.7. The second kappa shape index (κ2) is 6.58. The van der Waals surface area contributed by atoms with Crippen molar-refractivity contribution in [2.24, 2.45) is 0 Å². The second-order valence-corrected chi connectivity index (χ2v) is 7.41. The van der Waals surface area contributed by atoms with E-state index in [0.29, 0.717) is 25.2 Å². The summed E-state index contributed by atoms with van der Waals surface area (Å²) in [6.07, 6.45) is -3.61. The van der Waals surface area contributed by atoms with Crippen LogP contribution in [0, 0.1) is 0 Å². The molecule has 1 fully saturated rings. The van der Waals surface area contributed by atoms with Gasteiger partial charge >= 0.3 is 18.3 Å². The number of ether oxygens (including phenoxy) is 2. The zero-order chi connectivity index (χ0) is 20.0. The van der Waals surface area contributed by atoms with Crippen LogP contribution in [0.1, 0.15) is 44.5 Å². The Morgan fingerprint density at radius 2 is 2.00 bits per heavy atom. The van der Waals surface area contributed by atoms with Gasteiger partial charge in [0.05, 0.1) is 19.0 Å². The van der Waals surface area contributed by atoms with Crippen LogP contribution < -0.4 is 4.74 Å². The highest BCUT2D eigenvalue weighted by molar-refractivity contribution is 5.68. The maximum Gasteiger partial charge on any atom is 0.433 e. The fourth-order valence-corrected chi connectivity index (χ4v) is 3.03. The summed E-state index contributed by atoms with van der Waals surface area (Å²) >= 11 is 0. The molecule has 148 valence electrons. The summed E-state index contributed by atoms with van der Waals surface area (Å²) in [5, 5.41) is 0. The van der Waals surface area contributed by atoms with Crippen molar-refractivity contribution in [3.05, 3.63) is 23.7 Å². The number of fused-ring (bicyclic) bond motifs is 1. The minimum atomic E-state index is -4.57. The van der Waals surface area contributed by atoms with Crippen LogP contribution in [-0.4, -0.2) is 51.2 Å². The Hall–Kier alpha value is -2.52. The van der Waals surface area contributed by atoms with Crippen LogP contribution >= 0.6 is 0 Å². The van der Waals surface area contributed by atoms with Crippen molar-refractivity contribution in [2.75, 3.05) is 20.2 Å². The molecular weight excluding hydrogens is 365 g/mol. The third-order valence-corrected chi connectivity index (χ3v) is 4.21. The molecule has 0 N–H and O–H groups in total. The first kappa shape index (κ1) is 19.2. The summed E-state index contributed by atoms with van der Waals surface area (Å²) in [5.41, 5.74) is -0.917. The van der Waals surface area contributed by atoms with Gasteiger partial charge in [-0.1, -0.05) is 0 Å². The first-order valence-electron chi connectivity index (χ1n) is 8.47. The van der Waals surface area contributed by atoms with E-state index in [2.05, 4.69) is 9.97 Å². The number of nitrogens with zero attached hydrogens (tertiary/aromatic N) is 4. The molecule has 1 aliphatic rings. The average molecular weight is 386 g/mol. The number of carbonyl (C=O) groups excluding carboxylic acids is 1. The molecule has 1 unspecified atom stereocenters. The molecule has 27 heavy (non-hydrogen) atoms. The Morgan fingerprint density at radius 3 is 2.59 bits per heavy atom. The number of methoxy groups -OCH3 is 1. The first-order chi connectivity index (χ1) is 12.5. The lowest BCUT2D eigenvalue weighted by molar-refractivity contribution is -0.142. The van der Waals surface area contributed by atoms with Crippen molar-refractivity contribution in [3.63, 3.8) is 0 Å². The molecule has 1 amide bonds. The minimum Gasteiger partial charge on any atom is -0.468 e. The second-order valence-electron chi connectivity index (χ2n) is 7.41. The Kier molecular flexibility index (Phi) is 4.69. The van der Waals surface area contributed by atoms with Gasteiger partial charge in [0.25, 0.3) is 0 Å². The number of carbonyl (C=O) groups is 1. The van der Waals surface area contributed by atoms with Crippen LogP contribution in [0.5, 0.6) is 6.01 Å². The third kappa shape index (κ3) is 3.93. The largest absolute Gasteiger partial charge is 0.468 e. The van der Waals surface area contributed by atoms with E-state index in [9.17, 15) is 18.0 Å². The summed E-state index contributed by atoms with van der Waals surface area (Å²) in [6, 6.07) is 1.31. The van der Waals surface area contributed by atoms with Crippen molar-refractivity contribution in [1.29, 1.82) is 0 Å². The number of amides is 1.